The van der Waals surface area contributed by atoms with Crippen LogP contribution in [-0.4, -0.2) is 48.1 Å². The second-order valence-electron chi connectivity index (χ2n) is 6.36. The lowest BCUT2D eigenvalue weighted by Crippen LogP contribution is -2.40. The number of aliphatic imine (C=N–C) groups is 1. The van der Waals surface area contributed by atoms with Crippen molar-refractivity contribution >= 4 is 29.9 Å². The van der Waals surface area contributed by atoms with Crippen LogP contribution in [0.15, 0.2) is 59.7 Å². The zero-order chi connectivity index (χ0) is 20.6. The van der Waals surface area contributed by atoms with Crippen LogP contribution in [0.5, 0.6) is 5.75 Å². The van der Waals surface area contributed by atoms with Crippen LogP contribution in [0.4, 0.5) is 8.78 Å². The van der Waals surface area contributed by atoms with Crippen molar-refractivity contribution in [3.05, 3.63) is 72.2 Å². The van der Waals surface area contributed by atoms with E-state index in [4.69, 9.17) is 4.74 Å². The van der Waals surface area contributed by atoms with Gasteiger partial charge < -0.3 is 19.9 Å². The van der Waals surface area contributed by atoms with Crippen LogP contribution in [0.2, 0.25) is 0 Å². The SMILES string of the molecule is CN=C(NCCOc1ccc(F)cc1F)N(C)Cc1ncc(-c2ccccc2)[nH]1.I. The summed E-state index contributed by atoms with van der Waals surface area (Å²) in [5.74, 6) is 0.104. The topological polar surface area (TPSA) is 65.5 Å². The standard InChI is InChI=1S/C21H23F2N5O.HI/c1-24-21(25-10-11-29-19-9-8-16(22)12-17(19)23)28(2)14-20-26-13-18(27-20)15-6-4-3-5-7-15;/h3-9,12-13H,10-11,14H2,1-2H3,(H,24,25)(H,26,27);1H. The molecule has 0 radical (unpaired) electrons. The van der Waals surface area contributed by atoms with Gasteiger partial charge in [0.25, 0.3) is 0 Å². The van der Waals surface area contributed by atoms with Gasteiger partial charge in [-0.2, -0.15) is 0 Å². The van der Waals surface area contributed by atoms with Crippen LogP contribution in [-0.2, 0) is 6.54 Å². The molecule has 0 amide bonds. The van der Waals surface area contributed by atoms with Gasteiger partial charge in [0.15, 0.2) is 17.5 Å². The van der Waals surface area contributed by atoms with Crippen molar-refractivity contribution < 1.29 is 13.5 Å². The lowest BCUT2D eigenvalue weighted by molar-refractivity contribution is 0.302. The smallest absolute Gasteiger partial charge is 0.193 e. The molecule has 1 aromatic heterocycles. The number of benzene rings is 2. The Morgan fingerprint density at radius 3 is 2.67 bits per heavy atom. The average Bonchev–Trinajstić information content (AvgIpc) is 3.18. The number of imidazole rings is 1. The van der Waals surface area contributed by atoms with Crippen LogP contribution in [0.25, 0.3) is 11.3 Å². The fourth-order valence-electron chi connectivity index (χ4n) is 2.81. The maximum absolute atomic E-state index is 13.6. The summed E-state index contributed by atoms with van der Waals surface area (Å²) < 4.78 is 31.8. The number of rotatable bonds is 7. The first kappa shape index (κ1) is 23.6. The maximum atomic E-state index is 13.6. The Balaban J connectivity index is 0.00000320. The van der Waals surface area contributed by atoms with Crippen molar-refractivity contribution in [1.29, 1.82) is 0 Å². The summed E-state index contributed by atoms with van der Waals surface area (Å²) in [4.78, 5) is 13.9. The molecule has 0 spiro atoms. The number of H-pyrrole nitrogens is 1. The van der Waals surface area contributed by atoms with Gasteiger partial charge in [-0.1, -0.05) is 30.3 Å². The highest BCUT2D eigenvalue weighted by molar-refractivity contribution is 14.0. The molecule has 3 aromatic rings. The maximum Gasteiger partial charge on any atom is 0.193 e. The Labute approximate surface area is 191 Å². The van der Waals surface area contributed by atoms with E-state index in [1.807, 2.05) is 42.3 Å². The minimum absolute atomic E-state index is 0. The molecule has 0 aliphatic heterocycles. The van der Waals surface area contributed by atoms with Crippen molar-refractivity contribution in [1.82, 2.24) is 20.2 Å². The summed E-state index contributed by atoms with van der Waals surface area (Å²) >= 11 is 0. The second kappa shape index (κ2) is 11.5. The van der Waals surface area contributed by atoms with Crippen LogP contribution in [0, 0.1) is 11.6 Å². The van der Waals surface area contributed by atoms with Crippen molar-refractivity contribution in [3.8, 4) is 17.0 Å². The van der Waals surface area contributed by atoms with E-state index in [-0.39, 0.29) is 36.3 Å². The summed E-state index contributed by atoms with van der Waals surface area (Å²) in [7, 11) is 3.57. The highest BCUT2D eigenvalue weighted by Gasteiger charge is 2.10. The number of hydrogen-bond acceptors (Lipinski definition) is 3. The third-order valence-corrected chi connectivity index (χ3v) is 4.21. The molecule has 0 saturated heterocycles. The molecule has 2 N–H and O–H groups in total. The Kier molecular flexibility index (Phi) is 9.03. The van der Waals surface area contributed by atoms with Gasteiger partial charge in [-0.05, 0) is 17.7 Å². The van der Waals surface area contributed by atoms with Gasteiger partial charge in [0.2, 0.25) is 0 Å². The Hall–Kier alpha value is -2.69. The number of halogens is 3. The van der Waals surface area contributed by atoms with Gasteiger partial charge in [0.05, 0.1) is 25.0 Å². The average molecular weight is 527 g/mol. The van der Waals surface area contributed by atoms with Crippen LogP contribution in [0.1, 0.15) is 5.82 Å². The molecule has 2 aromatic carbocycles. The first-order valence-corrected chi connectivity index (χ1v) is 9.15. The molecule has 0 fully saturated rings. The molecule has 0 unspecified atom stereocenters. The van der Waals surface area contributed by atoms with E-state index in [1.54, 1.807) is 13.2 Å². The highest BCUT2D eigenvalue weighted by atomic mass is 127. The molecule has 9 heteroatoms. The third kappa shape index (κ3) is 6.41. The van der Waals surface area contributed by atoms with Crippen LogP contribution < -0.4 is 10.1 Å². The Morgan fingerprint density at radius 2 is 1.97 bits per heavy atom. The first-order valence-electron chi connectivity index (χ1n) is 9.15. The van der Waals surface area contributed by atoms with Gasteiger partial charge in [-0.25, -0.2) is 13.8 Å². The normalized spacial score (nSPS) is 11.0. The molecule has 30 heavy (non-hydrogen) atoms. The van der Waals surface area contributed by atoms with E-state index >= 15 is 0 Å². The number of hydrogen-bond donors (Lipinski definition) is 2. The van der Waals surface area contributed by atoms with Gasteiger partial charge in [0.1, 0.15) is 18.2 Å². The van der Waals surface area contributed by atoms with E-state index < -0.39 is 11.6 Å². The van der Waals surface area contributed by atoms with Crippen molar-refractivity contribution in [2.24, 2.45) is 4.99 Å². The van der Waals surface area contributed by atoms with E-state index in [1.165, 1.54) is 6.07 Å². The minimum atomic E-state index is -0.724. The third-order valence-electron chi connectivity index (χ3n) is 4.21. The number of nitrogens with zero attached hydrogens (tertiary/aromatic N) is 3. The number of guanidine groups is 1. The van der Waals surface area contributed by atoms with Gasteiger partial charge >= 0.3 is 0 Å². The largest absolute Gasteiger partial charge is 0.489 e. The number of aromatic nitrogens is 2. The number of aromatic amines is 1. The number of nitrogens with one attached hydrogen (secondary N) is 2. The fourth-order valence-corrected chi connectivity index (χ4v) is 2.81. The molecular weight excluding hydrogens is 503 g/mol. The minimum Gasteiger partial charge on any atom is -0.489 e. The summed E-state index contributed by atoms with van der Waals surface area (Å²) in [5, 5.41) is 3.14. The van der Waals surface area contributed by atoms with Gasteiger partial charge in [0, 0.05) is 20.2 Å². The highest BCUT2D eigenvalue weighted by Crippen LogP contribution is 2.18. The molecule has 3 rings (SSSR count). The zero-order valence-corrected chi connectivity index (χ0v) is 19.1. The number of ether oxygens (including phenoxy) is 1. The van der Waals surface area contributed by atoms with E-state index in [0.29, 0.717) is 19.0 Å². The lowest BCUT2D eigenvalue weighted by Gasteiger charge is -2.21. The molecule has 0 bridgehead atoms. The Morgan fingerprint density at radius 1 is 1.20 bits per heavy atom. The molecular formula is C21H24F2IN5O. The van der Waals surface area contributed by atoms with E-state index in [9.17, 15) is 8.78 Å². The predicted octanol–water partition coefficient (Wildman–Crippen LogP) is 4.06. The monoisotopic (exact) mass is 527 g/mol. The summed E-state index contributed by atoms with van der Waals surface area (Å²) in [5.41, 5.74) is 2.02. The molecule has 6 nitrogen and oxygen atoms in total. The zero-order valence-electron chi connectivity index (χ0n) is 16.7. The summed E-state index contributed by atoms with van der Waals surface area (Å²) in [6.07, 6.45) is 1.81. The molecule has 160 valence electrons. The van der Waals surface area contributed by atoms with Crippen LogP contribution in [0.3, 0.4) is 0 Å². The second-order valence-corrected chi connectivity index (χ2v) is 6.36. The van der Waals surface area contributed by atoms with Gasteiger partial charge in [-0.3, -0.25) is 4.99 Å². The molecule has 0 atom stereocenters. The predicted molar refractivity (Wildman–Crippen MR) is 124 cm³/mol. The van der Waals surface area contributed by atoms with Gasteiger partial charge in [-0.15, -0.1) is 24.0 Å². The molecule has 0 aliphatic carbocycles. The Bertz CT molecular complexity index is 965. The van der Waals surface area contributed by atoms with Crippen LogP contribution >= 0.6 is 24.0 Å². The lowest BCUT2D eigenvalue weighted by atomic mass is 10.2. The summed E-state index contributed by atoms with van der Waals surface area (Å²) in [6, 6.07) is 13.2. The van der Waals surface area contributed by atoms with Crippen molar-refractivity contribution in [2.45, 2.75) is 6.54 Å². The summed E-state index contributed by atoms with van der Waals surface area (Å²) in [6.45, 7) is 1.13. The van der Waals surface area contributed by atoms with Crippen molar-refractivity contribution in [3.63, 3.8) is 0 Å². The quantitative estimate of drug-likeness (QED) is 0.211. The van der Waals surface area contributed by atoms with Crippen molar-refractivity contribution in [2.75, 3.05) is 27.2 Å². The molecule has 1 heterocycles. The first-order chi connectivity index (χ1) is 14.1. The molecule has 0 aliphatic rings. The molecule has 0 saturated carbocycles. The van der Waals surface area contributed by atoms with E-state index in [2.05, 4.69) is 20.3 Å². The van der Waals surface area contributed by atoms with E-state index in [0.717, 1.165) is 29.2 Å². The fraction of sp³-hybridized carbons (Fsp3) is 0.238.